The van der Waals surface area contributed by atoms with Crippen LogP contribution in [0.25, 0.3) is 0 Å². The quantitative estimate of drug-likeness (QED) is 0.433. The number of fused-ring (bicyclic) bond motifs is 1. The SMILES string of the molecule is COc1ccccc1CC(=O)C1NCC2(C(=O)NCCN(C)C)C3CCC(c4ccccc4)(c4ccccc43)C12. The number of para-hydroxylation sites is 1. The molecule has 2 N–H and O–H groups in total. The lowest BCUT2D eigenvalue weighted by molar-refractivity contribution is -0.140. The van der Waals surface area contributed by atoms with Crippen molar-refractivity contribution in [3.8, 4) is 5.75 Å². The van der Waals surface area contributed by atoms with Gasteiger partial charge in [0, 0.05) is 48.9 Å². The van der Waals surface area contributed by atoms with Gasteiger partial charge in [-0.25, -0.2) is 0 Å². The first-order valence-corrected chi connectivity index (χ1v) is 14.4. The van der Waals surface area contributed by atoms with Crippen LogP contribution in [0.4, 0.5) is 0 Å². The summed E-state index contributed by atoms with van der Waals surface area (Å²) in [5.41, 5.74) is 3.43. The standard InChI is InChI=1S/C34H39N3O3/c1-37(2)20-19-35-32(39)34-22-36-30(28(38)21-23-11-7-10-16-29(23)40-3)31(34)33(24-12-5-4-6-13-24)18-17-27(34)25-14-8-9-15-26(25)33/h4-16,27,30-31,36H,17-22H2,1-3H3,(H,35,39). The molecule has 1 heterocycles. The summed E-state index contributed by atoms with van der Waals surface area (Å²) < 4.78 is 5.58. The number of methoxy groups -OCH3 is 1. The third kappa shape index (κ3) is 4.00. The van der Waals surface area contributed by atoms with Crippen LogP contribution >= 0.6 is 0 Å². The second kappa shape index (κ2) is 10.5. The van der Waals surface area contributed by atoms with Gasteiger partial charge in [-0.1, -0.05) is 72.8 Å². The van der Waals surface area contributed by atoms with Crippen molar-refractivity contribution in [3.05, 3.63) is 101 Å². The molecule has 0 radical (unpaired) electrons. The van der Waals surface area contributed by atoms with Crippen LogP contribution < -0.4 is 15.4 Å². The molecule has 4 aliphatic rings. The van der Waals surface area contributed by atoms with E-state index in [1.807, 2.05) is 44.4 Å². The first-order valence-electron chi connectivity index (χ1n) is 14.4. The van der Waals surface area contributed by atoms with Crippen molar-refractivity contribution >= 4 is 11.7 Å². The summed E-state index contributed by atoms with van der Waals surface area (Å²) in [6, 6.07) is 26.5. The van der Waals surface area contributed by atoms with Crippen molar-refractivity contribution < 1.29 is 14.3 Å². The number of hydrogen-bond acceptors (Lipinski definition) is 5. The molecule has 1 saturated carbocycles. The molecule has 208 valence electrons. The normalized spacial score (nSPS) is 28.1. The molecular formula is C34H39N3O3. The Morgan fingerprint density at radius 3 is 2.50 bits per heavy atom. The fourth-order valence-electron chi connectivity index (χ4n) is 8.19. The molecule has 1 saturated heterocycles. The maximum absolute atomic E-state index is 14.5. The van der Waals surface area contributed by atoms with Gasteiger partial charge in [0.05, 0.1) is 18.6 Å². The van der Waals surface area contributed by atoms with Gasteiger partial charge < -0.3 is 20.3 Å². The Balaban J connectivity index is 1.50. The molecule has 5 unspecified atom stereocenters. The number of hydrogen-bond donors (Lipinski definition) is 2. The van der Waals surface area contributed by atoms with Crippen molar-refractivity contribution in [1.82, 2.24) is 15.5 Å². The van der Waals surface area contributed by atoms with Crippen LogP contribution in [0.1, 0.15) is 41.0 Å². The molecule has 2 bridgehead atoms. The number of nitrogens with one attached hydrogen (secondary N) is 2. The lowest BCUT2D eigenvalue weighted by Gasteiger charge is -2.61. The topological polar surface area (TPSA) is 70.7 Å². The lowest BCUT2D eigenvalue weighted by Crippen LogP contribution is -2.64. The number of nitrogens with zero attached hydrogens (tertiary/aromatic N) is 1. The lowest BCUT2D eigenvalue weighted by atomic mass is 9.40. The minimum absolute atomic E-state index is 0.0511. The van der Waals surface area contributed by atoms with Crippen LogP contribution in [0.3, 0.4) is 0 Å². The minimum Gasteiger partial charge on any atom is -0.496 e. The number of carbonyl (C=O) groups excluding carboxylic acids is 2. The molecule has 6 nitrogen and oxygen atoms in total. The third-order valence-electron chi connectivity index (χ3n) is 9.76. The van der Waals surface area contributed by atoms with Crippen molar-refractivity contribution in [2.75, 3.05) is 40.8 Å². The number of benzene rings is 3. The molecule has 1 aliphatic heterocycles. The molecule has 7 rings (SSSR count). The van der Waals surface area contributed by atoms with E-state index in [-0.39, 0.29) is 29.9 Å². The molecule has 6 heteroatoms. The molecule has 3 aliphatic carbocycles. The van der Waals surface area contributed by atoms with Gasteiger partial charge in [0.1, 0.15) is 5.75 Å². The monoisotopic (exact) mass is 537 g/mol. The average Bonchev–Trinajstić information content (AvgIpc) is 3.42. The summed E-state index contributed by atoms with van der Waals surface area (Å²) in [5.74, 6) is 0.736. The zero-order valence-electron chi connectivity index (χ0n) is 23.7. The number of rotatable bonds is 9. The largest absolute Gasteiger partial charge is 0.496 e. The first-order chi connectivity index (χ1) is 19.4. The molecule has 5 atom stereocenters. The molecule has 40 heavy (non-hydrogen) atoms. The highest BCUT2D eigenvalue weighted by molar-refractivity contribution is 5.93. The van der Waals surface area contributed by atoms with Gasteiger partial charge in [0.2, 0.25) is 5.91 Å². The van der Waals surface area contributed by atoms with Crippen molar-refractivity contribution in [2.24, 2.45) is 11.3 Å². The highest BCUT2D eigenvalue weighted by Crippen LogP contribution is 2.69. The van der Waals surface area contributed by atoms with Gasteiger partial charge in [-0.3, -0.25) is 9.59 Å². The molecule has 2 fully saturated rings. The molecule has 0 spiro atoms. The highest BCUT2D eigenvalue weighted by atomic mass is 16.5. The number of carbonyl (C=O) groups is 2. The van der Waals surface area contributed by atoms with Crippen molar-refractivity contribution in [2.45, 2.75) is 36.6 Å². The maximum atomic E-state index is 14.5. The second-order valence-electron chi connectivity index (χ2n) is 11.9. The average molecular weight is 538 g/mol. The first kappa shape index (κ1) is 26.7. The van der Waals surface area contributed by atoms with E-state index in [1.54, 1.807) is 7.11 Å². The smallest absolute Gasteiger partial charge is 0.228 e. The molecule has 0 aromatic heterocycles. The zero-order valence-corrected chi connectivity index (χ0v) is 23.7. The number of amides is 1. The van der Waals surface area contributed by atoms with Gasteiger partial charge in [-0.05, 0) is 49.7 Å². The van der Waals surface area contributed by atoms with E-state index in [0.717, 1.165) is 30.7 Å². The number of likely N-dealkylation sites (N-methyl/N-ethyl adjacent to an activating group) is 1. The predicted octanol–water partition coefficient (Wildman–Crippen LogP) is 3.94. The van der Waals surface area contributed by atoms with Crippen LogP contribution in [0.5, 0.6) is 5.75 Å². The maximum Gasteiger partial charge on any atom is 0.228 e. The Morgan fingerprint density at radius 1 is 1.00 bits per heavy atom. The van der Waals surface area contributed by atoms with E-state index in [9.17, 15) is 9.59 Å². The number of Topliss-reactive ketones (excluding diaryl/α,β-unsaturated/α-hetero) is 1. The van der Waals surface area contributed by atoms with Gasteiger partial charge >= 0.3 is 0 Å². The summed E-state index contributed by atoms with van der Waals surface area (Å²) in [6.07, 6.45) is 2.09. The van der Waals surface area contributed by atoms with E-state index < -0.39 is 16.9 Å². The summed E-state index contributed by atoms with van der Waals surface area (Å²) in [6.45, 7) is 1.83. The summed E-state index contributed by atoms with van der Waals surface area (Å²) in [5, 5.41) is 6.95. The Kier molecular flexibility index (Phi) is 7.01. The van der Waals surface area contributed by atoms with Gasteiger partial charge in [0.25, 0.3) is 0 Å². The van der Waals surface area contributed by atoms with Crippen LogP contribution in [0, 0.1) is 11.3 Å². The Hall–Kier alpha value is -3.48. The van der Waals surface area contributed by atoms with Crippen LogP contribution in [-0.4, -0.2) is 63.5 Å². The number of ketones is 1. The van der Waals surface area contributed by atoms with Crippen molar-refractivity contribution in [1.29, 1.82) is 0 Å². The Labute approximate surface area is 237 Å². The Morgan fingerprint density at radius 2 is 1.73 bits per heavy atom. The number of ether oxygens (including phenoxy) is 1. The zero-order chi connectivity index (χ0) is 27.9. The molecular weight excluding hydrogens is 498 g/mol. The van der Waals surface area contributed by atoms with Gasteiger partial charge in [-0.15, -0.1) is 0 Å². The molecule has 1 amide bonds. The fraction of sp³-hybridized carbons (Fsp3) is 0.412. The van der Waals surface area contributed by atoms with Crippen LogP contribution in [-0.2, 0) is 21.4 Å². The fourth-order valence-corrected chi connectivity index (χ4v) is 8.19. The Bertz CT molecular complexity index is 1410. The van der Waals surface area contributed by atoms with E-state index in [0.29, 0.717) is 13.1 Å². The highest BCUT2D eigenvalue weighted by Gasteiger charge is 2.71. The second-order valence-corrected chi connectivity index (χ2v) is 11.9. The van der Waals surface area contributed by atoms with E-state index in [4.69, 9.17) is 4.74 Å². The van der Waals surface area contributed by atoms with E-state index in [1.165, 1.54) is 16.7 Å². The summed E-state index contributed by atoms with van der Waals surface area (Å²) in [7, 11) is 5.67. The summed E-state index contributed by atoms with van der Waals surface area (Å²) in [4.78, 5) is 30.9. The predicted molar refractivity (Wildman–Crippen MR) is 157 cm³/mol. The van der Waals surface area contributed by atoms with Gasteiger partial charge in [-0.2, -0.15) is 0 Å². The molecule has 3 aromatic rings. The van der Waals surface area contributed by atoms with Gasteiger partial charge in [0.15, 0.2) is 5.78 Å². The molecule has 3 aromatic carbocycles. The third-order valence-corrected chi connectivity index (χ3v) is 9.76. The van der Waals surface area contributed by atoms with Crippen LogP contribution in [0.2, 0.25) is 0 Å². The van der Waals surface area contributed by atoms with Crippen molar-refractivity contribution in [3.63, 3.8) is 0 Å². The van der Waals surface area contributed by atoms with Crippen LogP contribution in [0.15, 0.2) is 78.9 Å². The van der Waals surface area contributed by atoms with E-state index >= 15 is 0 Å². The van der Waals surface area contributed by atoms with E-state index in [2.05, 4.69) is 64.1 Å². The summed E-state index contributed by atoms with van der Waals surface area (Å²) >= 11 is 0. The minimum atomic E-state index is -0.726.